The van der Waals surface area contributed by atoms with Gasteiger partial charge in [-0.1, -0.05) is 0 Å². The number of nitrogens with one attached hydrogen (secondary N) is 2. The van der Waals surface area contributed by atoms with Gasteiger partial charge in [-0.3, -0.25) is 4.79 Å². The molecule has 0 bridgehead atoms. The van der Waals surface area contributed by atoms with Gasteiger partial charge in [0.15, 0.2) is 9.84 Å². The first-order chi connectivity index (χ1) is 9.12. The zero-order valence-electron chi connectivity index (χ0n) is 11.3. The lowest BCUT2D eigenvalue weighted by molar-refractivity contribution is -0.141. The maximum atomic E-state index is 11.5. The van der Waals surface area contributed by atoms with Gasteiger partial charge < -0.3 is 20.8 Å². The second-order valence-electron chi connectivity index (χ2n) is 5.26. The number of carbonyl (C=O) groups is 2. The third-order valence-electron chi connectivity index (χ3n) is 3.11. The highest BCUT2D eigenvalue weighted by Gasteiger charge is 2.31. The van der Waals surface area contributed by atoms with Crippen LogP contribution in [0.3, 0.4) is 0 Å². The number of sulfone groups is 1. The van der Waals surface area contributed by atoms with Gasteiger partial charge in [0.2, 0.25) is 0 Å². The zero-order valence-corrected chi connectivity index (χ0v) is 12.1. The Morgan fingerprint density at radius 3 is 2.50 bits per heavy atom. The van der Waals surface area contributed by atoms with E-state index >= 15 is 0 Å². The molecule has 0 saturated carbocycles. The van der Waals surface area contributed by atoms with Crippen LogP contribution in [-0.4, -0.2) is 60.3 Å². The van der Waals surface area contributed by atoms with Gasteiger partial charge >= 0.3 is 12.0 Å². The second kappa shape index (κ2) is 6.40. The SMILES string of the molecule is CC(O)(CNC(=O)NCC1CCCS1(=O)=O)CC(=O)O. The highest BCUT2D eigenvalue weighted by atomic mass is 32.2. The van der Waals surface area contributed by atoms with Crippen LogP contribution in [0.25, 0.3) is 0 Å². The fraction of sp³-hybridized carbons (Fsp3) is 0.818. The minimum atomic E-state index is -3.11. The lowest BCUT2D eigenvalue weighted by Gasteiger charge is -2.21. The van der Waals surface area contributed by atoms with E-state index in [0.29, 0.717) is 12.8 Å². The van der Waals surface area contributed by atoms with Crippen LogP contribution in [0.1, 0.15) is 26.2 Å². The predicted octanol–water partition coefficient (Wildman–Crippen LogP) is -0.911. The van der Waals surface area contributed by atoms with Crippen LogP contribution in [0.5, 0.6) is 0 Å². The number of carboxylic acid groups (broad SMARTS) is 1. The molecule has 9 heteroatoms. The molecular formula is C11H20N2O6S. The summed E-state index contributed by atoms with van der Waals surface area (Å²) in [5.41, 5.74) is -1.55. The number of amides is 2. The van der Waals surface area contributed by atoms with Crippen LogP contribution in [-0.2, 0) is 14.6 Å². The van der Waals surface area contributed by atoms with Gasteiger partial charge in [0.1, 0.15) is 0 Å². The number of aliphatic hydroxyl groups is 1. The lowest BCUT2D eigenvalue weighted by Crippen LogP contribution is -2.47. The Bertz CT molecular complexity index is 473. The molecular weight excluding hydrogens is 288 g/mol. The van der Waals surface area contributed by atoms with E-state index in [9.17, 15) is 23.1 Å². The van der Waals surface area contributed by atoms with Crippen molar-refractivity contribution in [3.05, 3.63) is 0 Å². The summed E-state index contributed by atoms with van der Waals surface area (Å²) in [7, 11) is -3.11. The quantitative estimate of drug-likeness (QED) is 0.502. The first kappa shape index (κ1) is 16.7. The molecule has 2 amide bonds. The summed E-state index contributed by atoms with van der Waals surface area (Å²) in [6, 6.07) is -0.627. The van der Waals surface area contributed by atoms with Crippen molar-refractivity contribution in [1.29, 1.82) is 0 Å². The number of carboxylic acids is 1. The van der Waals surface area contributed by atoms with Crippen molar-refractivity contribution in [1.82, 2.24) is 10.6 Å². The van der Waals surface area contributed by atoms with Crippen molar-refractivity contribution in [3.8, 4) is 0 Å². The van der Waals surface area contributed by atoms with Crippen LogP contribution in [0.15, 0.2) is 0 Å². The van der Waals surface area contributed by atoms with Gasteiger partial charge in [-0.2, -0.15) is 0 Å². The molecule has 1 rings (SSSR count). The fourth-order valence-electron chi connectivity index (χ4n) is 2.02. The summed E-state index contributed by atoms with van der Waals surface area (Å²) in [4.78, 5) is 21.9. The minimum absolute atomic E-state index is 0.0231. The molecule has 1 heterocycles. The highest BCUT2D eigenvalue weighted by Crippen LogP contribution is 2.18. The van der Waals surface area contributed by atoms with Gasteiger partial charge in [0.25, 0.3) is 0 Å². The molecule has 0 aromatic carbocycles. The zero-order chi connectivity index (χ0) is 15.4. The molecule has 2 unspecified atom stereocenters. The third kappa shape index (κ3) is 5.33. The highest BCUT2D eigenvalue weighted by molar-refractivity contribution is 7.92. The van der Waals surface area contributed by atoms with Crippen LogP contribution >= 0.6 is 0 Å². The largest absolute Gasteiger partial charge is 0.481 e. The Morgan fingerprint density at radius 1 is 1.35 bits per heavy atom. The van der Waals surface area contributed by atoms with E-state index in [2.05, 4.69) is 10.6 Å². The lowest BCUT2D eigenvalue weighted by atomic mass is 10.0. The van der Waals surface area contributed by atoms with Gasteiger partial charge in [-0.15, -0.1) is 0 Å². The maximum absolute atomic E-state index is 11.5. The van der Waals surface area contributed by atoms with Crippen molar-refractivity contribution in [2.24, 2.45) is 0 Å². The first-order valence-electron chi connectivity index (χ1n) is 6.30. The molecule has 0 spiro atoms. The standard InChI is InChI=1S/C11H20N2O6S/c1-11(17,5-9(14)15)7-13-10(16)12-6-8-3-2-4-20(8,18)19/h8,17H,2-7H2,1H3,(H,14,15)(H2,12,13,16). The first-order valence-corrected chi connectivity index (χ1v) is 8.01. The summed E-state index contributed by atoms with van der Waals surface area (Å²) in [5, 5.41) is 22.4. The molecule has 1 saturated heterocycles. The Labute approximate surface area is 117 Å². The molecule has 4 N–H and O–H groups in total. The average Bonchev–Trinajstić information content (AvgIpc) is 2.61. The van der Waals surface area contributed by atoms with E-state index in [-0.39, 0.29) is 18.8 Å². The topological polar surface area (TPSA) is 133 Å². The molecule has 1 fully saturated rings. The van der Waals surface area contributed by atoms with Crippen LogP contribution in [0.2, 0.25) is 0 Å². The van der Waals surface area contributed by atoms with Crippen molar-refractivity contribution < 1.29 is 28.2 Å². The van der Waals surface area contributed by atoms with Gasteiger partial charge in [-0.05, 0) is 19.8 Å². The summed E-state index contributed by atoms with van der Waals surface area (Å²) in [6.45, 7) is 1.08. The number of hydrogen-bond acceptors (Lipinski definition) is 5. The van der Waals surface area contributed by atoms with Crippen LogP contribution < -0.4 is 10.6 Å². The van der Waals surface area contributed by atoms with E-state index in [1.54, 1.807) is 0 Å². The van der Waals surface area contributed by atoms with Crippen molar-refractivity contribution in [2.45, 2.75) is 37.0 Å². The van der Waals surface area contributed by atoms with Gasteiger partial charge in [0, 0.05) is 13.1 Å². The molecule has 20 heavy (non-hydrogen) atoms. The molecule has 0 aromatic rings. The molecule has 116 valence electrons. The molecule has 0 aliphatic carbocycles. The summed E-state index contributed by atoms with van der Waals surface area (Å²) in [6.07, 6.45) is 0.632. The Morgan fingerprint density at radius 2 is 2.00 bits per heavy atom. The number of hydrogen-bond donors (Lipinski definition) is 4. The Hall–Kier alpha value is -1.35. The molecule has 2 atom stereocenters. The maximum Gasteiger partial charge on any atom is 0.314 e. The van der Waals surface area contributed by atoms with E-state index in [4.69, 9.17) is 5.11 Å². The third-order valence-corrected chi connectivity index (χ3v) is 5.39. The number of urea groups is 1. The molecule has 1 aliphatic heterocycles. The van der Waals surface area contributed by atoms with E-state index in [1.807, 2.05) is 0 Å². The summed E-state index contributed by atoms with van der Waals surface area (Å²) in [5.74, 6) is -1.02. The van der Waals surface area contributed by atoms with Crippen molar-refractivity contribution in [2.75, 3.05) is 18.8 Å². The monoisotopic (exact) mass is 308 g/mol. The minimum Gasteiger partial charge on any atom is -0.481 e. The van der Waals surface area contributed by atoms with Crippen LogP contribution in [0.4, 0.5) is 4.79 Å². The van der Waals surface area contributed by atoms with E-state index in [1.165, 1.54) is 6.92 Å². The van der Waals surface area contributed by atoms with Gasteiger partial charge in [0.05, 0.1) is 23.0 Å². The van der Waals surface area contributed by atoms with Crippen molar-refractivity contribution in [3.63, 3.8) is 0 Å². The van der Waals surface area contributed by atoms with E-state index < -0.39 is 39.1 Å². The number of aliphatic carboxylic acids is 1. The predicted molar refractivity (Wildman–Crippen MR) is 71.1 cm³/mol. The molecule has 0 radical (unpaired) electrons. The Balaban J connectivity index is 2.32. The normalized spacial score (nSPS) is 23.8. The van der Waals surface area contributed by atoms with E-state index in [0.717, 1.165) is 0 Å². The smallest absolute Gasteiger partial charge is 0.314 e. The molecule has 0 aromatic heterocycles. The fourth-order valence-corrected chi connectivity index (χ4v) is 3.78. The summed E-state index contributed by atoms with van der Waals surface area (Å²) < 4.78 is 23.1. The van der Waals surface area contributed by atoms with Gasteiger partial charge in [-0.25, -0.2) is 13.2 Å². The number of rotatable bonds is 6. The summed E-state index contributed by atoms with van der Waals surface area (Å²) >= 11 is 0. The second-order valence-corrected chi connectivity index (χ2v) is 7.66. The Kier molecular flexibility index (Phi) is 5.35. The molecule has 1 aliphatic rings. The van der Waals surface area contributed by atoms with Crippen molar-refractivity contribution >= 4 is 21.8 Å². The average molecular weight is 308 g/mol. The van der Waals surface area contributed by atoms with Crippen LogP contribution in [0, 0.1) is 0 Å². The number of carbonyl (C=O) groups excluding carboxylic acids is 1. The molecule has 8 nitrogen and oxygen atoms in total.